The van der Waals surface area contributed by atoms with Gasteiger partial charge in [0, 0.05) is 19.3 Å². The van der Waals surface area contributed by atoms with Crippen LogP contribution in [0, 0.1) is 23.7 Å². The van der Waals surface area contributed by atoms with Gasteiger partial charge in [-0.1, -0.05) is 27.2 Å². The minimum atomic E-state index is 0.744. The van der Waals surface area contributed by atoms with Gasteiger partial charge in [-0.15, -0.1) is 0 Å². The molecule has 0 aromatic heterocycles. The highest BCUT2D eigenvalue weighted by Crippen LogP contribution is 2.38. The summed E-state index contributed by atoms with van der Waals surface area (Å²) in [4.78, 5) is 0. The van der Waals surface area contributed by atoms with E-state index >= 15 is 0 Å². The van der Waals surface area contributed by atoms with Gasteiger partial charge in [-0.3, -0.25) is 0 Å². The average molecular weight is 253 g/mol. The maximum Gasteiger partial charge on any atom is 0.0469 e. The molecule has 1 saturated carbocycles. The molecule has 1 heterocycles. The summed E-state index contributed by atoms with van der Waals surface area (Å²) < 4.78 is 5.53. The van der Waals surface area contributed by atoms with E-state index in [1.807, 2.05) is 0 Å². The van der Waals surface area contributed by atoms with Crippen LogP contribution in [0.2, 0.25) is 0 Å². The van der Waals surface area contributed by atoms with Crippen LogP contribution in [0.1, 0.15) is 52.9 Å². The zero-order chi connectivity index (χ0) is 13.0. The normalized spacial score (nSPS) is 36.5. The summed E-state index contributed by atoms with van der Waals surface area (Å²) in [5.74, 6) is 3.59. The third kappa shape index (κ3) is 3.48. The van der Waals surface area contributed by atoms with Crippen molar-refractivity contribution in [1.82, 2.24) is 5.32 Å². The standard InChI is InChI=1S/C16H31NO/c1-4-17-16(14-7-9-18-10-8-14)15-6-5-12(2)13(3)11-15/h12-17H,4-11H2,1-3H3. The van der Waals surface area contributed by atoms with Gasteiger partial charge in [0.2, 0.25) is 0 Å². The summed E-state index contributed by atoms with van der Waals surface area (Å²) in [7, 11) is 0. The van der Waals surface area contributed by atoms with Crippen molar-refractivity contribution in [2.24, 2.45) is 23.7 Å². The number of ether oxygens (including phenoxy) is 1. The second-order valence-corrected chi connectivity index (χ2v) is 6.56. The molecule has 2 heteroatoms. The van der Waals surface area contributed by atoms with Crippen molar-refractivity contribution in [1.29, 1.82) is 0 Å². The van der Waals surface area contributed by atoms with Crippen molar-refractivity contribution in [2.75, 3.05) is 19.8 Å². The van der Waals surface area contributed by atoms with E-state index in [0.29, 0.717) is 0 Å². The predicted molar refractivity (Wildman–Crippen MR) is 76.7 cm³/mol. The molecule has 1 aliphatic heterocycles. The summed E-state index contributed by atoms with van der Waals surface area (Å²) in [5.41, 5.74) is 0. The molecule has 0 aromatic carbocycles. The van der Waals surface area contributed by atoms with Crippen molar-refractivity contribution in [2.45, 2.75) is 58.9 Å². The highest BCUT2D eigenvalue weighted by Gasteiger charge is 2.34. The molecular formula is C16H31NO. The zero-order valence-electron chi connectivity index (χ0n) is 12.5. The average Bonchev–Trinajstić information content (AvgIpc) is 2.40. The molecular weight excluding hydrogens is 222 g/mol. The Bertz CT molecular complexity index is 237. The highest BCUT2D eigenvalue weighted by molar-refractivity contribution is 4.88. The molecule has 0 radical (unpaired) electrons. The largest absolute Gasteiger partial charge is 0.381 e. The molecule has 18 heavy (non-hydrogen) atoms. The summed E-state index contributed by atoms with van der Waals surface area (Å²) in [6, 6.07) is 0.744. The molecule has 4 unspecified atom stereocenters. The first-order valence-electron chi connectivity index (χ1n) is 8.03. The minimum Gasteiger partial charge on any atom is -0.381 e. The first-order chi connectivity index (χ1) is 8.72. The molecule has 106 valence electrons. The van der Waals surface area contributed by atoms with Crippen molar-refractivity contribution in [3.63, 3.8) is 0 Å². The summed E-state index contributed by atoms with van der Waals surface area (Å²) in [6.07, 6.45) is 6.81. The van der Waals surface area contributed by atoms with Gasteiger partial charge < -0.3 is 10.1 Å². The molecule has 2 fully saturated rings. The Labute approximate surface area is 113 Å². The van der Waals surface area contributed by atoms with E-state index in [1.165, 1.54) is 32.1 Å². The fourth-order valence-corrected chi connectivity index (χ4v) is 3.94. The first-order valence-corrected chi connectivity index (χ1v) is 8.03. The van der Waals surface area contributed by atoms with Crippen molar-refractivity contribution in [3.8, 4) is 0 Å². The van der Waals surface area contributed by atoms with E-state index in [-0.39, 0.29) is 0 Å². The predicted octanol–water partition coefficient (Wildman–Crippen LogP) is 3.46. The van der Waals surface area contributed by atoms with Crippen LogP contribution in [-0.2, 0) is 4.74 Å². The molecule has 0 spiro atoms. The zero-order valence-corrected chi connectivity index (χ0v) is 12.5. The molecule has 0 aromatic rings. The molecule has 2 nitrogen and oxygen atoms in total. The quantitative estimate of drug-likeness (QED) is 0.828. The van der Waals surface area contributed by atoms with Gasteiger partial charge in [0.05, 0.1) is 0 Å². The maximum absolute atomic E-state index is 5.53. The van der Waals surface area contributed by atoms with Crippen LogP contribution < -0.4 is 5.32 Å². The van der Waals surface area contributed by atoms with Gasteiger partial charge in [-0.2, -0.15) is 0 Å². The van der Waals surface area contributed by atoms with Gasteiger partial charge in [0.25, 0.3) is 0 Å². The van der Waals surface area contributed by atoms with Crippen molar-refractivity contribution >= 4 is 0 Å². The highest BCUT2D eigenvalue weighted by atomic mass is 16.5. The van der Waals surface area contributed by atoms with Crippen LogP contribution in [0.4, 0.5) is 0 Å². The maximum atomic E-state index is 5.53. The van der Waals surface area contributed by atoms with Crippen LogP contribution in [0.15, 0.2) is 0 Å². The SMILES string of the molecule is CCNC(C1CCOCC1)C1CCC(C)C(C)C1. The summed E-state index contributed by atoms with van der Waals surface area (Å²) >= 11 is 0. The molecule has 1 saturated heterocycles. The monoisotopic (exact) mass is 253 g/mol. The Balaban J connectivity index is 1.95. The van der Waals surface area contributed by atoms with Crippen LogP contribution >= 0.6 is 0 Å². The topological polar surface area (TPSA) is 21.3 Å². The number of rotatable bonds is 4. The fourth-order valence-electron chi connectivity index (χ4n) is 3.94. The Morgan fingerprint density at radius 2 is 1.72 bits per heavy atom. The Morgan fingerprint density at radius 3 is 2.33 bits per heavy atom. The lowest BCUT2D eigenvalue weighted by Crippen LogP contribution is -2.46. The summed E-state index contributed by atoms with van der Waals surface area (Å²) in [6.45, 7) is 10.2. The van der Waals surface area contributed by atoms with Crippen LogP contribution in [0.25, 0.3) is 0 Å². The van der Waals surface area contributed by atoms with E-state index in [9.17, 15) is 0 Å². The molecule has 0 bridgehead atoms. The second-order valence-electron chi connectivity index (χ2n) is 6.56. The molecule has 2 aliphatic rings. The number of nitrogens with one attached hydrogen (secondary N) is 1. The van der Waals surface area contributed by atoms with Gasteiger partial charge in [-0.05, 0) is 55.9 Å². The van der Waals surface area contributed by atoms with Crippen LogP contribution in [-0.4, -0.2) is 25.8 Å². The summed E-state index contributed by atoms with van der Waals surface area (Å²) in [5, 5.41) is 3.80. The van der Waals surface area contributed by atoms with E-state index in [2.05, 4.69) is 26.1 Å². The van der Waals surface area contributed by atoms with Crippen LogP contribution in [0.3, 0.4) is 0 Å². The van der Waals surface area contributed by atoms with Gasteiger partial charge in [0.15, 0.2) is 0 Å². The smallest absolute Gasteiger partial charge is 0.0469 e. The molecule has 4 atom stereocenters. The van der Waals surface area contributed by atoms with E-state index < -0.39 is 0 Å². The van der Waals surface area contributed by atoms with E-state index in [0.717, 1.165) is 49.5 Å². The first kappa shape index (κ1) is 14.3. The minimum absolute atomic E-state index is 0.744. The number of hydrogen-bond acceptors (Lipinski definition) is 2. The van der Waals surface area contributed by atoms with Gasteiger partial charge >= 0.3 is 0 Å². The Kier molecular flexibility index (Phi) is 5.50. The third-order valence-corrected chi connectivity index (χ3v) is 5.36. The van der Waals surface area contributed by atoms with E-state index in [1.54, 1.807) is 0 Å². The lowest BCUT2D eigenvalue weighted by atomic mass is 9.70. The molecule has 2 rings (SSSR count). The van der Waals surface area contributed by atoms with Gasteiger partial charge in [-0.25, -0.2) is 0 Å². The number of hydrogen-bond donors (Lipinski definition) is 1. The molecule has 1 aliphatic carbocycles. The lowest BCUT2D eigenvalue weighted by molar-refractivity contribution is 0.0348. The Morgan fingerprint density at radius 1 is 1.00 bits per heavy atom. The van der Waals surface area contributed by atoms with Crippen LogP contribution in [0.5, 0.6) is 0 Å². The van der Waals surface area contributed by atoms with E-state index in [4.69, 9.17) is 4.74 Å². The Hall–Kier alpha value is -0.0800. The molecule has 0 amide bonds. The van der Waals surface area contributed by atoms with Crippen molar-refractivity contribution < 1.29 is 4.74 Å². The molecule has 1 N–H and O–H groups in total. The van der Waals surface area contributed by atoms with Crippen molar-refractivity contribution in [3.05, 3.63) is 0 Å². The van der Waals surface area contributed by atoms with Gasteiger partial charge in [0.1, 0.15) is 0 Å². The third-order valence-electron chi connectivity index (χ3n) is 5.36. The lowest BCUT2D eigenvalue weighted by Gasteiger charge is -2.41. The second kappa shape index (κ2) is 6.91. The fraction of sp³-hybridized carbons (Fsp3) is 1.00.